The van der Waals surface area contributed by atoms with Crippen molar-refractivity contribution in [1.82, 2.24) is 41.5 Å². The van der Waals surface area contributed by atoms with Gasteiger partial charge in [0.25, 0.3) is 5.56 Å². The highest BCUT2D eigenvalue weighted by Gasteiger charge is 2.46. The van der Waals surface area contributed by atoms with E-state index in [0.717, 1.165) is 5.56 Å². The molecule has 2 aromatic heterocycles. The first-order valence-corrected chi connectivity index (χ1v) is 25.7. The monoisotopic (exact) mass is 1100 g/mol. The Morgan fingerprint density at radius 2 is 1.68 bits per heavy atom. The van der Waals surface area contributed by atoms with E-state index in [-0.39, 0.29) is 76.0 Å². The second-order valence-corrected chi connectivity index (χ2v) is 19.7. The lowest BCUT2D eigenvalue weighted by molar-refractivity contribution is -0.172. The molecule has 7 rings (SSSR count). The molecule has 0 bridgehead atoms. The molecule has 2 aromatic carbocycles. The Bertz CT molecular complexity index is 3150. The fourth-order valence-corrected chi connectivity index (χ4v) is 9.77. The van der Waals surface area contributed by atoms with Crippen LogP contribution in [0.3, 0.4) is 0 Å². The number of nitrogens with one attached hydrogen (secondary N) is 7. The Hall–Kier alpha value is -8.52. The molecule has 4 aromatic rings. The zero-order valence-corrected chi connectivity index (χ0v) is 43.9. The predicted octanol–water partition coefficient (Wildman–Crippen LogP) is 1.91. The van der Waals surface area contributed by atoms with Gasteiger partial charge in [-0.15, -0.1) is 0 Å². The van der Waals surface area contributed by atoms with Crippen LogP contribution in [0.4, 0.5) is 19.7 Å². The highest BCUT2D eigenvalue weighted by atomic mass is 19.1. The molecule has 0 spiro atoms. The molecule has 3 aliphatic rings. The summed E-state index contributed by atoms with van der Waals surface area (Å²) in [5.41, 5.74) is 7.12. The average Bonchev–Trinajstić information content (AvgIpc) is 4.07. The topological polar surface area (TPSA) is 367 Å². The smallest absolute Gasteiger partial charge is 0.407 e. The number of esters is 1. The zero-order valence-electron chi connectivity index (χ0n) is 43.9. The molecule has 25 nitrogen and oxygen atoms in total. The summed E-state index contributed by atoms with van der Waals surface area (Å²) in [7, 11) is 0. The summed E-state index contributed by atoms with van der Waals surface area (Å²) in [6, 6.07) is 5.48. The molecule has 1 aliphatic carbocycles. The van der Waals surface area contributed by atoms with Crippen LogP contribution >= 0.6 is 0 Å². The maximum atomic E-state index is 15.3. The number of hydrogen-bond donors (Lipinski definition) is 10. The number of pyridine rings is 2. The molecule has 0 unspecified atom stereocenters. The summed E-state index contributed by atoms with van der Waals surface area (Å²) in [5, 5.41) is 39.0. The van der Waals surface area contributed by atoms with Crippen molar-refractivity contribution in [3.63, 3.8) is 0 Å². The van der Waals surface area contributed by atoms with E-state index in [1.165, 1.54) is 22.8 Å². The van der Waals surface area contributed by atoms with Crippen LogP contribution < -0.4 is 48.5 Å². The van der Waals surface area contributed by atoms with Crippen molar-refractivity contribution in [2.75, 3.05) is 31.7 Å². The number of primary amides is 1. The number of ether oxygens (including phenoxy) is 3. The van der Waals surface area contributed by atoms with Crippen LogP contribution in [0.2, 0.25) is 0 Å². The first-order valence-electron chi connectivity index (χ1n) is 25.7. The number of halogens is 1. The maximum Gasteiger partial charge on any atom is 0.407 e. The highest BCUT2D eigenvalue weighted by Crippen LogP contribution is 2.46. The number of aliphatic carboxylic acids is 1. The van der Waals surface area contributed by atoms with Crippen molar-refractivity contribution in [2.45, 2.75) is 123 Å². The molecular formula is C53H63FN10O15. The predicted molar refractivity (Wildman–Crippen MR) is 278 cm³/mol. The molecule has 8 amide bonds. The summed E-state index contributed by atoms with van der Waals surface area (Å²) in [6.07, 6.45) is -0.166. The first-order chi connectivity index (χ1) is 37.6. The van der Waals surface area contributed by atoms with E-state index in [1.54, 1.807) is 45.9 Å². The first kappa shape index (κ1) is 58.2. The number of amides is 8. The Morgan fingerprint density at radius 1 is 0.937 bits per heavy atom. The summed E-state index contributed by atoms with van der Waals surface area (Å²) >= 11 is 0. The Morgan fingerprint density at radius 3 is 2.38 bits per heavy atom. The lowest BCUT2D eigenvalue weighted by atomic mass is 9.81. The molecular weight excluding hydrogens is 1040 g/mol. The molecule has 0 saturated carbocycles. The fraction of sp³-hybridized carbons (Fsp3) is 0.453. The third-order valence-corrected chi connectivity index (χ3v) is 14.0. The summed E-state index contributed by atoms with van der Waals surface area (Å²) < 4.78 is 32.7. The number of aliphatic hydroxyl groups is 1. The standard InChI is InChI=1S/C53H63FN10O15/c1-5-53(76)33-18-38-46-31(21-64(38)49(72)32(33)23-78-50(53)73)44-35(16-15-30-27(4)34(54)19-37(61-46)43(30)44)60-41(67)24-77-25-58-40(66)20-57-52(75)79-22-28-11-13-29(14-12-28)59-47(70)36(8-7-17-56-51(55)74)62-48(71)45(26(2)3)63-39(65)9-6-10-42(68)69/h11-14,18-19,26,35-36,45,76H,5-10,15-17,20-25H2,1-4H3,(H,57,75)(H,58,66)(H,59,70)(H,60,67)(H,62,71)(H,63,65)(H,68,69)(H3,55,56,74)/t35-,36-,45-,53-/m0/s1. The number of carboxylic acids is 1. The number of rotatable bonds is 24. The van der Waals surface area contributed by atoms with E-state index in [4.69, 9.17) is 30.0 Å². The van der Waals surface area contributed by atoms with Gasteiger partial charge in [-0.25, -0.2) is 23.8 Å². The number of nitrogens with two attached hydrogens (primary N) is 1. The number of fused-ring (bicyclic) bond motifs is 5. The number of hydrogen-bond acceptors (Lipinski definition) is 15. The minimum absolute atomic E-state index is 0.0511. The summed E-state index contributed by atoms with van der Waals surface area (Å²) in [5.74, 6) is -5.81. The zero-order chi connectivity index (χ0) is 57.3. The van der Waals surface area contributed by atoms with Gasteiger partial charge in [-0.2, -0.15) is 0 Å². The minimum Gasteiger partial charge on any atom is -0.481 e. The maximum absolute atomic E-state index is 15.3. The van der Waals surface area contributed by atoms with Gasteiger partial charge in [0.05, 0.1) is 35.1 Å². The molecule has 0 saturated heterocycles. The lowest BCUT2D eigenvalue weighted by Crippen LogP contribution is -2.54. The number of benzene rings is 2. The minimum atomic E-state index is -2.05. The number of carbonyl (C=O) groups excluding carboxylic acids is 8. The Kier molecular flexibility index (Phi) is 18.6. The molecule has 0 radical (unpaired) electrons. The van der Waals surface area contributed by atoms with Crippen LogP contribution in [0.25, 0.3) is 22.3 Å². The number of aromatic nitrogens is 2. The average molecular weight is 1100 g/mol. The molecule has 2 aliphatic heterocycles. The van der Waals surface area contributed by atoms with E-state index >= 15 is 4.39 Å². The SMILES string of the molecule is CC[C@@]1(O)C(=O)OCc2c1cc1n(c2=O)Cc2c-1nc1cc(F)c(C)c3c1c2[C@@H](NC(=O)COCNC(=O)CNC(=O)OCc1ccc(NC(=O)[C@H](CCCNC(N)=O)NC(=O)[C@@H](NC(=O)CCCC(=O)O)C(C)C)cc1)CC3. The molecule has 0 fully saturated rings. The number of cyclic esters (lactones) is 1. The van der Waals surface area contributed by atoms with Gasteiger partial charge in [0, 0.05) is 47.7 Å². The largest absolute Gasteiger partial charge is 0.481 e. The van der Waals surface area contributed by atoms with Crippen LogP contribution in [0.5, 0.6) is 0 Å². The van der Waals surface area contributed by atoms with Gasteiger partial charge in [0.15, 0.2) is 5.60 Å². The van der Waals surface area contributed by atoms with Crippen molar-refractivity contribution in [2.24, 2.45) is 11.7 Å². The van der Waals surface area contributed by atoms with Crippen molar-refractivity contribution < 1.29 is 72.0 Å². The quantitative estimate of drug-likeness (QED) is 0.0240. The van der Waals surface area contributed by atoms with Crippen LogP contribution in [-0.2, 0) is 79.6 Å². The Balaban J connectivity index is 0.872. The molecule has 4 atom stereocenters. The third kappa shape index (κ3) is 13.6. The van der Waals surface area contributed by atoms with Crippen molar-refractivity contribution in [1.29, 1.82) is 0 Å². The van der Waals surface area contributed by atoms with Crippen LogP contribution in [0, 0.1) is 18.7 Å². The second kappa shape index (κ2) is 25.3. The molecule has 79 heavy (non-hydrogen) atoms. The number of carboxylic acid groups (broad SMARTS) is 1. The van der Waals surface area contributed by atoms with E-state index in [0.29, 0.717) is 63.1 Å². The van der Waals surface area contributed by atoms with E-state index < -0.39 is 115 Å². The number of urea groups is 1. The van der Waals surface area contributed by atoms with Crippen molar-refractivity contribution in [3.05, 3.63) is 91.5 Å². The highest BCUT2D eigenvalue weighted by molar-refractivity contribution is 5.99. The van der Waals surface area contributed by atoms with Crippen LogP contribution in [0.1, 0.15) is 111 Å². The van der Waals surface area contributed by atoms with Gasteiger partial charge in [-0.3, -0.25) is 33.6 Å². The van der Waals surface area contributed by atoms with Gasteiger partial charge in [-0.1, -0.05) is 32.9 Å². The van der Waals surface area contributed by atoms with E-state index in [1.807, 2.05) is 0 Å². The lowest BCUT2D eigenvalue weighted by Gasteiger charge is -2.31. The second-order valence-electron chi connectivity index (χ2n) is 19.7. The summed E-state index contributed by atoms with van der Waals surface area (Å²) in [6.45, 7) is 4.87. The van der Waals surface area contributed by atoms with Gasteiger partial charge in [-0.05, 0) is 91.8 Å². The molecule has 11 N–H and O–H groups in total. The van der Waals surface area contributed by atoms with Crippen molar-refractivity contribution >= 4 is 70.2 Å². The van der Waals surface area contributed by atoms with Gasteiger partial charge < -0.3 is 71.9 Å². The van der Waals surface area contributed by atoms with Gasteiger partial charge in [0.1, 0.15) is 51.0 Å². The number of carbonyl (C=O) groups is 9. The number of alkyl carbamates (subject to hydrolysis) is 1. The Labute approximate surface area is 451 Å². The number of nitrogens with zero attached hydrogens (tertiary/aromatic N) is 2. The fourth-order valence-electron chi connectivity index (χ4n) is 9.77. The van der Waals surface area contributed by atoms with E-state index in [9.17, 15) is 53.1 Å². The third-order valence-electron chi connectivity index (χ3n) is 14.0. The van der Waals surface area contributed by atoms with E-state index in [2.05, 4.69) is 37.2 Å². The summed E-state index contributed by atoms with van der Waals surface area (Å²) in [4.78, 5) is 131. The molecule has 4 heterocycles. The normalized spacial score (nSPS) is 16.5. The van der Waals surface area contributed by atoms with Gasteiger partial charge in [0.2, 0.25) is 29.5 Å². The van der Waals surface area contributed by atoms with Gasteiger partial charge >= 0.3 is 24.1 Å². The number of aryl methyl sites for hydroxylation is 1. The number of anilines is 1. The van der Waals surface area contributed by atoms with Crippen LogP contribution in [0.15, 0.2) is 41.2 Å². The van der Waals surface area contributed by atoms with Crippen LogP contribution in [-0.4, -0.2) is 112 Å². The molecule has 422 valence electrons. The van der Waals surface area contributed by atoms with Crippen molar-refractivity contribution in [3.8, 4) is 11.4 Å². The molecule has 26 heteroatoms.